The molecule has 0 saturated carbocycles. The first-order valence-electron chi connectivity index (χ1n) is 19.3. The molecular weight excluding hydrogens is 711 g/mol. The van der Waals surface area contributed by atoms with E-state index in [-0.39, 0.29) is 0 Å². The summed E-state index contributed by atoms with van der Waals surface area (Å²) in [6.45, 7) is 0. The molecule has 0 fully saturated rings. The summed E-state index contributed by atoms with van der Waals surface area (Å²) in [6, 6.07) is 68.9. The number of pyridine rings is 1. The second-order valence-corrected chi connectivity index (χ2v) is 15.9. The summed E-state index contributed by atoms with van der Waals surface area (Å²) in [4.78, 5) is 4.46. The highest BCUT2D eigenvalue weighted by Gasteiger charge is 2.18. The highest BCUT2D eigenvalue weighted by Crippen LogP contribution is 2.41. The Labute approximate surface area is 333 Å². The van der Waals surface area contributed by atoms with E-state index in [1.165, 1.54) is 91.7 Å². The second-order valence-electron chi connectivity index (χ2n) is 14.8. The first-order chi connectivity index (χ1) is 28.2. The Balaban J connectivity index is 1.03. The van der Waals surface area contributed by atoms with Crippen LogP contribution in [0.2, 0.25) is 0 Å². The van der Waals surface area contributed by atoms with Gasteiger partial charge in [0.15, 0.2) is 0 Å². The van der Waals surface area contributed by atoms with Crippen molar-refractivity contribution in [3.05, 3.63) is 200 Å². The van der Waals surface area contributed by atoms with Crippen molar-refractivity contribution in [2.24, 2.45) is 0 Å². The van der Waals surface area contributed by atoms with Crippen LogP contribution in [0.4, 0.5) is 0 Å². The standard InChI is InChI=1S/C53H33N3S/c1-2-11-34(12-3-1)38-27-39(37-13-10-26-54-33-37)29-41(28-38)56-49-18-8-5-15-43(49)46-31-36(21-24-51(46)56)35-20-23-50-45(30-35)42-14-4-7-17-48(42)55(50)40-22-25-53-47(32-40)44-16-6-9-19-52(44)57-53/h1-33H. The lowest BCUT2D eigenvalue weighted by atomic mass is 9.98. The van der Waals surface area contributed by atoms with Gasteiger partial charge in [-0.2, -0.15) is 0 Å². The lowest BCUT2D eigenvalue weighted by Crippen LogP contribution is -1.96. The molecule has 8 aromatic carbocycles. The number of benzene rings is 8. The third-order valence-corrected chi connectivity index (χ3v) is 12.7. The van der Waals surface area contributed by atoms with Gasteiger partial charge in [-0.25, -0.2) is 0 Å². The average molecular weight is 744 g/mol. The number of thiophene rings is 1. The van der Waals surface area contributed by atoms with Gasteiger partial charge in [0.25, 0.3) is 0 Å². The van der Waals surface area contributed by atoms with Crippen molar-refractivity contribution in [3.63, 3.8) is 0 Å². The molecule has 0 N–H and O–H groups in total. The monoisotopic (exact) mass is 743 g/mol. The average Bonchev–Trinajstić information content (AvgIpc) is 3.94. The van der Waals surface area contributed by atoms with Crippen molar-refractivity contribution < 1.29 is 0 Å². The largest absolute Gasteiger partial charge is 0.309 e. The van der Waals surface area contributed by atoms with E-state index in [1.807, 2.05) is 29.8 Å². The minimum absolute atomic E-state index is 1.09. The number of hydrogen-bond acceptors (Lipinski definition) is 2. The third-order valence-electron chi connectivity index (χ3n) is 11.6. The summed E-state index contributed by atoms with van der Waals surface area (Å²) in [6.07, 6.45) is 3.78. The molecule has 0 aliphatic rings. The van der Waals surface area contributed by atoms with Gasteiger partial charge in [0, 0.05) is 71.0 Å². The number of hydrogen-bond donors (Lipinski definition) is 0. The molecule has 57 heavy (non-hydrogen) atoms. The van der Waals surface area contributed by atoms with Gasteiger partial charge in [-0.15, -0.1) is 11.3 Å². The molecule has 266 valence electrons. The highest BCUT2D eigenvalue weighted by molar-refractivity contribution is 7.25. The molecule has 0 atom stereocenters. The fourth-order valence-electron chi connectivity index (χ4n) is 8.95. The van der Waals surface area contributed by atoms with Crippen LogP contribution < -0.4 is 0 Å². The van der Waals surface area contributed by atoms with E-state index >= 15 is 0 Å². The van der Waals surface area contributed by atoms with Crippen LogP contribution in [-0.4, -0.2) is 14.1 Å². The predicted octanol–water partition coefficient (Wildman–Crippen LogP) is 14.6. The number of nitrogens with zero attached hydrogens (tertiary/aromatic N) is 3. The van der Waals surface area contributed by atoms with Crippen molar-refractivity contribution in [2.45, 2.75) is 0 Å². The molecule has 0 saturated heterocycles. The number of para-hydroxylation sites is 2. The zero-order valence-electron chi connectivity index (χ0n) is 30.8. The van der Waals surface area contributed by atoms with Crippen molar-refractivity contribution in [2.75, 3.05) is 0 Å². The van der Waals surface area contributed by atoms with E-state index in [0.29, 0.717) is 0 Å². The molecule has 3 nitrogen and oxygen atoms in total. The van der Waals surface area contributed by atoms with Crippen molar-refractivity contribution in [1.29, 1.82) is 0 Å². The molecule has 4 aromatic heterocycles. The quantitative estimate of drug-likeness (QED) is 0.172. The highest BCUT2D eigenvalue weighted by atomic mass is 32.1. The number of rotatable bonds is 5. The van der Waals surface area contributed by atoms with Crippen LogP contribution in [0.5, 0.6) is 0 Å². The van der Waals surface area contributed by atoms with Crippen molar-refractivity contribution >= 4 is 75.1 Å². The molecule has 4 heteroatoms. The Morgan fingerprint density at radius 2 is 0.877 bits per heavy atom. The molecule has 0 bridgehead atoms. The Hall–Kier alpha value is -7.27. The molecular formula is C53H33N3S. The van der Waals surface area contributed by atoms with E-state index in [0.717, 1.165) is 16.8 Å². The van der Waals surface area contributed by atoms with Gasteiger partial charge in [0.2, 0.25) is 0 Å². The molecule has 0 aliphatic carbocycles. The summed E-state index contributed by atoms with van der Waals surface area (Å²) in [7, 11) is 0. The van der Waals surface area contributed by atoms with Gasteiger partial charge in [-0.3, -0.25) is 4.98 Å². The lowest BCUT2D eigenvalue weighted by Gasteiger charge is -2.14. The van der Waals surface area contributed by atoms with E-state index in [2.05, 4.69) is 196 Å². The zero-order chi connectivity index (χ0) is 37.5. The molecule has 0 unspecified atom stereocenters. The Kier molecular flexibility index (Phi) is 7.10. The van der Waals surface area contributed by atoms with Crippen LogP contribution in [0, 0.1) is 0 Å². The van der Waals surface area contributed by atoms with Crippen LogP contribution in [0.25, 0.3) is 109 Å². The lowest BCUT2D eigenvalue weighted by molar-refractivity contribution is 1.18. The van der Waals surface area contributed by atoms with Gasteiger partial charge in [-0.05, 0) is 113 Å². The van der Waals surface area contributed by atoms with Crippen LogP contribution in [0.15, 0.2) is 200 Å². The molecule has 0 amide bonds. The number of fused-ring (bicyclic) bond motifs is 9. The summed E-state index contributed by atoms with van der Waals surface area (Å²) in [5.74, 6) is 0. The van der Waals surface area contributed by atoms with Crippen LogP contribution in [-0.2, 0) is 0 Å². The molecule has 0 radical (unpaired) electrons. The zero-order valence-corrected chi connectivity index (χ0v) is 31.6. The normalized spacial score (nSPS) is 11.9. The van der Waals surface area contributed by atoms with Crippen LogP contribution in [0.3, 0.4) is 0 Å². The summed E-state index contributed by atoms with van der Waals surface area (Å²) in [5, 5.41) is 7.60. The first-order valence-corrected chi connectivity index (χ1v) is 20.2. The minimum atomic E-state index is 1.09. The summed E-state index contributed by atoms with van der Waals surface area (Å²) >= 11 is 1.86. The molecule has 12 aromatic rings. The van der Waals surface area contributed by atoms with Gasteiger partial charge < -0.3 is 9.13 Å². The molecule has 0 spiro atoms. The summed E-state index contributed by atoms with van der Waals surface area (Å²) in [5.41, 5.74) is 14.1. The Morgan fingerprint density at radius 3 is 1.56 bits per heavy atom. The fourth-order valence-corrected chi connectivity index (χ4v) is 10.0. The van der Waals surface area contributed by atoms with Crippen LogP contribution in [0.1, 0.15) is 0 Å². The maximum atomic E-state index is 4.46. The topological polar surface area (TPSA) is 22.8 Å². The van der Waals surface area contributed by atoms with Crippen molar-refractivity contribution in [1.82, 2.24) is 14.1 Å². The second kappa shape index (κ2) is 12.6. The first kappa shape index (κ1) is 32.0. The maximum Gasteiger partial charge on any atom is 0.0541 e. The van der Waals surface area contributed by atoms with Crippen molar-refractivity contribution in [3.8, 4) is 44.8 Å². The molecule has 4 heterocycles. The van der Waals surface area contributed by atoms with E-state index in [1.54, 1.807) is 0 Å². The number of aromatic nitrogens is 3. The van der Waals surface area contributed by atoms with Gasteiger partial charge in [0.05, 0.1) is 22.1 Å². The van der Waals surface area contributed by atoms with Gasteiger partial charge in [-0.1, -0.05) is 103 Å². The van der Waals surface area contributed by atoms with E-state index < -0.39 is 0 Å². The third kappa shape index (κ3) is 5.08. The van der Waals surface area contributed by atoms with E-state index in [9.17, 15) is 0 Å². The molecule has 0 aliphatic heterocycles. The predicted molar refractivity (Wildman–Crippen MR) is 242 cm³/mol. The van der Waals surface area contributed by atoms with Gasteiger partial charge >= 0.3 is 0 Å². The molecule has 12 rings (SSSR count). The Bertz CT molecular complexity index is 3460. The minimum Gasteiger partial charge on any atom is -0.309 e. The maximum absolute atomic E-state index is 4.46. The summed E-state index contributed by atoms with van der Waals surface area (Å²) < 4.78 is 7.50. The fraction of sp³-hybridized carbons (Fsp3) is 0. The smallest absolute Gasteiger partial charge is 0.0541 e. The Morgan fingerprint density at radius 1 is 0.316 bits per heavy atom. The van der Waals surface area contributed by atoms with Crippen LogP contribution >= 0.6 is 11.3 Å². The SMILES string of the molecule is c1ccc(-c2cc(-c3cccnc3)cc(-n3c4ccccc4c4cc(-c5ccc6c(c5)c5ccccc5n6-c5ccc6sc7ccccc7c6c5)ccc43)c2)cc1. The van der Waals surface area contributed by atoms with Gasteiger partial charge in [0.1, 0.15) is 0 Å². The van der Waals surface area contributed by atoms with E-state index in [4.69, 9.17) is 0 Å².